The monoisotopic (exact) mass is 333 g/mol. The Morgan fingerprint density at radius 2 is 2.22 bits per heavy atom. The summed E-state index contributed by atoms with van der Waals surface area (Å²) in [6.07, 6.45) is 5.38. The normalized spacial score (nSPS) is 22.2. The van der Waals surface area contributed by atoms with Crippen LogP contribution in [-0.2, 0) is 17.6 Å². The van der Waals surface area contributed by atoms with Gasteiger partial charge in [0.15, 0.2) is 0 Å². The van der Waals surface area contributed by atoms with Gasteiger partial charge in [-0.25, -0.2) is 9.97 Å². The molecule has 23 heavy (non-hydrogen) atoms. The maximum absolute atomic E-state index is 5.42. The van der Waals surface area contributed by atoms with Crippen LogP contribution < -0.4 is 10.2 Å². The van der Waals surface area contributed by atoms with Gasteiger partial charge in [-0.3, -0.25) is 0 Å². The average Bonchev–Trinajstić information content (AvgIpc) is 2.94. The van der Waals surface area contributed by atoms with Crippen molar-refractivity contribution in [2.75, 3.05) is 44.7 Å². The minimum Gasteiger partial charge on any atom is -0.370 e. The first-order valence-corrected chi connectivity index (χ1v) is 9.53. The number of quaternary nitrogens is 1. The van der Waals surface area contributed by atoms with Crippen molar-refractivity contribution in [1.82, 2.24) is 9.97 Å². The first-order valence-electron chi connectivity index (χ1n) is 8.71. The maximum Gasteiger partial charge on any atom is 0.138 e. The fraction of sp³-hybridized carbons (Fsp3) is 0.647. The highest BCUT2D eigenvalue weighted by molar-refractivity contribution is 7.19. The number of nitrogens with one attached hydrogen (secondary N) is 2. The Morgan fingerprint density at radius 3 is 3.09 bits per heavy atom. The molecule has 5 nitrogen and oxygen atoms in total. The van der Waals surface area contributed by atoms with Crippen molar-refractivity contribution in [2.45, 2.75) is 26.2 Å². The van der Waals surface area contributed by atoms with Gasteiger partial charge in [0.05, 0.1) is 31.7 Å². The molecular weight excluding hydrogens is 308 g/mol. The summed E-state index contributed by atoms with van der Waals surface area (Å²) >= 11 is 1.86. The Bertz CT molecular complexity index is 681. The summed E-state index contributed by atoms with van der Waals surface area (Å²) in [5.74, 6) is 1.81. The largest absolute Gasteiger partial charge is 0.370 e. The van der Waals surface area contributed by atoms with Crippen LogP contribution in [0.15, 0.2) is 6.33 Å². The predicted octanol–water partition coefficient (Wildman–Crippen LogP) is 1.14. The number of hydrogen-bond donors (Lipinski definition) is 2. The van der Waals surface area contributed by atoms with Gasteiger partial charge < -0.3 is 15.0 Å². The molecule has 1 aliphatic heterocycles. The minimum atomic E-state index is 0.770. The number of fused-ring (bicyclic) bond motifs is 3. The van der Waals surface area contributed by atoms with Crippen LogP contribution in [0.1, 0.15) is 23.8 Å². The first-order chi connectivity index (χ1) is 11.3. The van der Waals surface area contributed by atoms with Gasteiger partial charge >= 0.3 is 0 Å². The van der Waals surface area contributed by atoms with Gasteiger partial charge in [-0.05, 0) is 30.7 Å². The summed E-state index contributed by atoms with van der Waals surface area (Å²) < 4.78 is 5.42. The molecule has 2 aromatic rings. The number of thiophene rings is 1. The summed E-state index contributed by atoms with van der Waals surface area (Å²) in [5, 5.41) is 4.87. The number of morpholine rings is 1. The van der Waals surface area contributed by atoms with Crippen LogP contribution in [0.2, 0.25) is 0 Å². The summed E-state index contributed by atoms with van der Waals surface area (Å²) in [6.45, 7) is 8.45. The molecule has 0 aromatic carbocycles. The molecule has 4 rings (SSSR count). The number of ether oxygens (including phenoxy) is 1. The molecule has 1 unspecified atom stereocenters. The second-order valence-electron chi connectivity index (χ2n) is 6.79. The van der Waals surface area contributed by atoms with Crippen molar-refractivity contribution in [3.63, 3.8) is 0 Å². The summed E-state index contributed by atoms with van der Waals surface area (Å²) in [4.78, 5) is 13.4. The Hall–Kier alpha value is -1.24. The quantitative estimate of drug-likeness (QED) is 0.881. The van der Waals surface area contributed by atoms with Crippen molar-refractivity contribution in [3.8, 4) is 0 Å². The van der Waals surface area contributed by atoms with Gasteiger partial charge in [-0.1, -0.05) is 6.92 Å². The molecule has 0 radical (unpaired) electrons. The van der Waals surface area contributed by atoms with Crippen molar-refractivity contribution < 1.29 is 9.64 Å². The average molecular weight is 333 g/mol. The lowest BCUT2D eigenvalue weighted by Crippen LogP contribution is -3.14. The molecule has 2 aromatic heterocycles. The van der Waals surface area contributed by atoms with E-state index in [1.165, 1.54) is 35.1 Å². The fourth-order valence-electron chi connectivity index (χ4n) is 3.68. The van der Waals surface area contributed by atoms with Crippen molar-refractivity contribution in [1.29, 1.82) is 0 Å². The molecule has 0 saturated carbocycles. The third kappa shape index (κ3) is 3.20. The molecule has 6 heteroatoms. The van der Waals surface area contributed by atoms with E-state index in [1.807, 2.05) is 11.3 Å². The Labute approximate surface area is 141 Å². The third-order valence-electron chi connectivity index (χ3n) is 5.06. The zero-order chi connectivity index (χ0) is 15.6. The molecule has 0 amide bonds. The van der Waals surface area contributed by atoms with E-state index in [0.29, 0.717) is 0 Å². The van der Waals surface area contributed by atoms with Crippen LogP contribution in [0, 0.1) is 5.92 Å². The van der Waals surface area contributed by atoms with Gasteiger partial charge in [0.25, 0.3) is 0 Å². The molecule has 0 spiro atoms. The minimum absolute atomic E-state index is 0.770. The molecule has 2 aliphatic rings. The van der Waals surface area contributed by atoms with Crippen LogP contribution in [0.3, 0.4) is 0 Å². The van der Waals surface area contributed by atoms with Crippen LogP contribution in [0.5, 0.6) is 0 Å². The molecule has 124 valence electrons. The summed E-state index contributed by atoms with van der Waals surface area (Å²) in [7, 11) is 0. The summed E-state index contributed by atoms with van der Waals surface area (Å²) in [5.41, 5.74) is 1.51. The van der Waals surface area contributed by atoms with Crippen molar-refractivity contribution in [2.24, 2.45) is 5.92 Å². The number of anilines is 1. The van der Waals surface area contributed by atoms with Gasteiger partial charge in [0, 0.05) is 4.88 Å². The Morgan fingerprint density at radius 1 is 1.35 bits per heavy atom. The smallest absolute Gasteiger partial charge is 0.138 e. The van der Waals surface area contributed by atoms with Gasteiger partial charge in [0.1, 0.15) is 30.1 Å². The lowest BCUT2D eigenvalue weighted by atomic mass is 9.88. The van der Waals surface area contributed by atoms with E-state index in [-0.39, 0.29) is 0 Å². The van der Waals surface area contributed by atoms with E-state index in [4.69, 9.17) is 4.74 Å². The number of rotatable bonds is 4. The van der Waals surface area contributed by atoms with Crippen molar-refractivity contribution in [3.05, 3.63) is 16.8 Å². The number of aryl methyl sites for hydroxylation is 1. The SMILES string of the molecule is CC1CCc2sc3ncnc(NCC[NH+]4CCOCC4)c3c2C1. The van der Waals surface area contributed by atoms with Gasteiger partial charge in [0.2, 0.25) is 0 Å². The second-order valence-corrected chi connectivity index (χ2v) is 7.88. The number of aromatic nitrogens is 2. The van der Waals surface area contributed by atoms with Crippen LogP contribution in [-0.4, -0.2) is 49.4 Å². The second kappa shape index (κ2) is 6.71. The molecule has 0 bridgehead atoms. The number of hydrogen-bond acceptors (Lipinski definition) is 5. The van der Waals surface area contributed by atoms with E-state index in [9.17, 15) is 0 Å². The molecular formula is C17H25N4OS+. The van der Waals surface area contributed by atoms with Gasteiger partial charge in [-0.2, -0.15) is 0 Å². The zero-order valence-corrected chi connectivity index (χ0v) is 14.5. The highest BCUT2D eigenvalue weighted by atomic mass is 32.1. The lowest BCUT2D eigenvalue weighted by Gasteiger charge is -2.24. The molecule has 1 saturated heterocycles. The fourth-order valence-corrected chi connectivity index (χ4v) is 4.87. The summed E-state index contributed by atoms with van der Waals surface area (Å²) in [6, 6.07) is 0. The highest BCUT2D eigenvalue weighted by Gasteiger charge is 2.23. The highest BCUT2D eigenvalue weighted by Crippen LogP contribution is 2.39. The van der Waals surface area contributed by atoms with Crippen LogP contribution in [0.25, 0.3) is 10.2 Å². The van der Waals surface area contributed by atoms with E-state index in [2.05, 4.69) is 22.2 Å². The van der Waals surface area contributed by atoms with E-state index in [0.717, 1.165) is 56.0 Å². The van der Waals surface area contributed by atoms with E-state index in [1.54, 1.807) is 11.2 Å². The molecule has 2 N–H and O–H groups in total. The van der Waals surface area contributed by atoms with Crippen molar-refractivity contribution >= 4 is 27.4 Å². The molecule has 3 heterocycles. The molecule has 1 atom stereocenters. The zero-order valence-electron chi connectivity index (χ0n) is 13.7. The maximum atomic E-state index is 5.42. The van der Waals surface area contributed by atoms with Gasteiger partial charge in [-0.15, -0.1) is 11.3 Å². The topological polar surface area (TPSA) is 51.5 Å². The van der Waals surface area contributed by atoms with Crippen LogP contribution >= 0.6 is 11.3 Å². The Kier molecular flexibility index (Phi) is 4.46. The number of nitrogens with zero attached hydrogens (tertiary/aromatic N) is 2. The van der Waals surface area contributed by atoms with E-state index >= 15 is 0 Å². The van der Waals surface area contributed by atoms with Crippen LogP contribution in [0.4, 0.5) is 5.82 Å². The molecule has 1 fully saturated rings. The first kappa shape index (κ1) is 15.3. The Balaban J connectivity index is 1.51. The third-order valence-corrected chi connectivity index (χ3v) is 6.26. The predicted molar refractivity (Wildman–Crippen MR) is 93.5 cm³/mol. The standard InChI is InChI=1S/C17H24N4OS/c1-12-2-3-14-13(10-12)15-16(19-11-20-17(15)23-14)18-4-5-21-6-8-22-9-7-21/h11-12H,2-10H2,1H3,(H,18,19,20)/p+1. The van der Waals surface area contributed by atoms with E-state index < -0.39 is 0 Å². The lowest BCUT2D eigenvalue weighted by molar-refractivity contribution is -0.906. The molecule has 1 aliphatic carbocycles.